The van der Waals surface area contributed by atoms with Gasteiger partial charge in [0.1, 0.15) is 17.1 Å². The van der Waals surface area contributed by atoms with E-state index in [1.165, 1.54) is 5.56 Å². The van der Waals surface area contributed by atoms with Gasteiger partial charge in [0.15, 0.2) is 0 Å². The van der Waals surface area contributed by atoms with Crippen LogP contribution in [0, 0.1) is 0 Å². The number of rotatable bonds is 6. The number of hydrogen-bond acceptors (Lipinski definition) is 2. The Labute approximate surface area is 128 Å². The van der Waals surface area contributed by atoms with E-state index < -0.39 is 0 Å². The highest BCUT2D eigenvalue weighted by Gasteiger charge is 2.36. The molecule has 2 rings (SSSR count). The van der Waals surface area contributed by atoms with Gasteiger partial charge >= 0.3 is 0 Å². The first kappa shape index (κ1) is 15.9. The van der Waals surface area contributed by atoms with Crippen molar-refractivity contribution in [2.24, 2.45) is 0 Å². The molecule has 0 spiro atoms. The minimum Gasteiger partial charge on any atom is -0.507 e. The van der Waals surface area contributed by atoms with Gasteiger partial charge in [0.2, 0.25) is 0 Å². The van der Waals surface area contributed by atoms with Crippen molar-refractivity contribution in [1.82, 2.24) is 0 Å². The van der Waals surface area contributed by atoms with Gasteiger partial charge in [-0.25, -0.2) is 0 Å². The number of allylic oxidation sites excluding steroid dienone is 1. The summed E-state index contributed by atoms with van der Waals surface area (Å²) in [5.74, 6) is 1.53. The third kappa shape index (κ3) is 2.95. The minimum absolute atomic E-state index is 0.183. The van der Waals surface area contributed by atoms with Crippen LogP contribution < -0.4 is 4.74 Å². The molecule has 0 saturated heterocycles. The summed E-state index contributed by atoms with van der Waals surface area (Å²) < 4.78 is 6.25. The predicted octanol–water partition coefficient (Wildman–Crippen LogP) is 4.74. The van der Waals surface area contributed by atoms with Crippen molar-refractivity contribution < 1.29 is 9.84 Å². The summed E-state index contributed by atoms with van der Waals surface area (Å²) in [4.78, 5) is 0. The number of fused-ring (bicyclic) bond motifs is 1. The molecule has 1 aliphatic rings. The van der Waals surface area contributed by atoms with Crippen LogP contribution in [0.2, 0.25) is 0 Å². The van der Waals surface area contributed by atoms with Crippen LogP contribution in [0.1, 0.15) is 62.8 Å². The fourth-order valence-corrected chi connectivity index (χ4v) is 3.37. The van der Waals surface area contributed by atoms with Gasteiger partial charge in [-0.05, 0) is 33.1 Å². The van der Waals surface area contributed by atoms with Crippen molar-refractivity contribution in [3.8, 4) is 11.5 Å². The molecule has 0 fully saturated rings. The molecule has 0 aromatic heterocycles. The molecule has 21 heavy (non-hydrogen) atoms. The SMILES string of the molecule is C=CCc1c(CCC)c(O)c(CCC)c2c1OC(C)(C)C2. The molecular weight excluding hydrogens is 260 g/mol. The molecule has 0 aliphatic carbocycles. The summed E-state index contributed by atoms with van der Waals surface area (Å²) in [6, 6.07) is 0. The Balaban J connectivity index is 2.68. The first-order valence-corrected chi connectivity index (χ1v) is 8.13. The van der Waals surface area contributed by atoms with E-state index in [1.807, 2.05) is 6.08 Å². The fourth-order valence-electron chi connectivity index (χ4n) is 3.37. The van der Waals surface area contributed by atoms with E-state index >= 15 is 0 Å². The lowest BCUT2D eigenvalue weighted by Crippen LogP contribution is -2.25. The summed E-state index contributed by atoms with van der Waals surface area (Å²) in [6.45, 7) is 12.4. The van der Waals surface area contributed by atoms with E-state index in [9.17, 15) is 5.11 Å². The van der Waals surface area contributed by atoms with Crippen LogP contribution in [0.15, 0.2) is 12.7 Å². The summed E-state index contributed by atoms with van der Waals surface area (Å²) in [6.07, 6.45) is 7.40. The number of phenolic OH excluding ortho intramolecular Hbond substituents is 1. The van der Waals surface area contributed by atoms with E-state index in [1.54, 1.807) is 0 Å². The van der Waals surface area contributed by atoms with Gasteiger partial charge in [-0.2, -0.15) is 0 Å². The molecule has 1 aromatic carbocycles. The lowest BCUT2D eigenvalue weighted by Gasteiger charge is -2.20. The quantitative estimate of drug-likeness (QED) is 0.766. The molecule has 0 radical (unpaired) electrons. The second-order valence-electron chi connectivity index (χ2n) is 6.62. The average Bonchev–Trinajstić information content (AvgIpc) is 2.74. The van der Waals surface area contributed by atoms with E-state index in [0.29, 0.717) is 5.75 Å². The van der Waals surface area contributed by atoms with Crippen molar-refractivity contribution in [1.29, 1.82) is 0 Å². The first-order chi connectivity index (χ1) is 9.95. The number of aromatic hydroxyl groups is 1. The van der Waals surface area contributed by atoms with Crippen LogP contribution >= 0.6 is 0 Å². The van der Waals surface area contributed by atoms with E-state index in [0.717, 1.165) is 61.0 Å². The maximum atomic E-state index is 10.8. The Morgan fingerprint density at radius 1 is 1.14 bits per heavy atom. The Morgan fingerprint density at radius 2 is 1.76 bits per heavy atom. The Hall–Kier alpha value is -1.44. The summed E-state index contributed by atoms with van der Waals surface area (Å²) in [5.41, 5.74) is 4.35. The topological polar surface area (TPSA) is 29.5 Å². The third-order valence-corrected chi connectivity index (χ3v) is 4.18. The van der Waals surface area contributed by atoms with Crippen molar-refractivity contribution in [3.63, 3.8) is 0 Å². The maximum absolute atomic E-state index is 10.8. The van der Waals surface area contributed by atoms with Crippen LogP contribution in [0.3, 0.4) is 0 Å². The standard InChI is InChI=1S/C19H28O2/c1-6-9-13-15(11-8-3)18-16(12-19(4,5)21-18)14(10-7-2)17(13)20/h8,20H,3,6-7,9-12H2,1-2,4-5H3. The van der Waals surface area contributed by atoms with Crippen molar-refractivity contribution in [3.05, 3.63) is 34.9 Å². The fraction of sp³-hybridized carbons (Fsp3) is 0.579. The van der Waals surface area contributed by atoms with Gasteiger partial charge in [-0.1, -0.05) is 32.8 Å². The zero-order valence-corrected chi connectivity index (χ0v) is 13.9. The van der Waals surface area contributed by atoms with Crippen molar-refractivity contribution in [2.75, 3.05) is 0 Å². The second-order valence-corrected chi connectivity index (χ2v) is 6.62. The molecule has 2 nitrogen and oxygen atoms in total. The van der Waals surface area contributed by atoms with Gasteiger partial charge in [0, 0.05) is 28.7 Å². The monoisotopic (exact) mass is 288 g/mol. The normalized spacial score (nSPS) is 15.6. The average molecular weight is 288 g/mol. The molecule has 0 amide bonds. The van der Waals surface area contributed by atoms with Gasteiger partial charge in [0.05, 0.1) is 0 Å². The number of ether oxygens (including phenoxy) is 1. The highest BCUT2D eigenvalue weighted by Crippen LogP contribution is 2.46. The molecule has 2 heteroatoms. The predicted molar refractivity (Wildman–Crippen MR) is 88.4 cm³/mol. The summed E-state index contributed by atoms with van der Waals surface area (Å²) in [5, 5.41) is 10.8. The van der Waals surface area contributed by atoms with Crippen LogP contribution in [0.5, 0.6) is 11.5 Å². The van der Waals surface area contributed by atoms with Gasteiger partial charge in [-0.15, -0.1) is 6.58 Å². The molecule has 1 N–H and O–H groups in total. The Kier molecular flexibility index (Phi) is 4.65. The maximum Gasteiger partial charge on any atom is 0.127 e. The molecule has 1 aromatic rings. The van der Waals surface area contributed by atoms with Crippen LogP contribution in [-0.4, -0.2) is 10.7 Å². The number of phenols is 1. The van der Waals surface area contributed by atoms with Crippen LogP contribution in [-0.2, 0) is 25.7 Å². The van der Waals surface area contributed by atoms with E-state index in [2.05, 4.69) is 34.3 Å². The van der Waals surface area contributed by atoms with Crippen LogP contribution in [0.4, 0.5) is 0 Å². The third-order valence-electron chi connectivity index (χ3n) is 4.18. The molecule has 0 saturated carbocycles. The smallest absolute Gasteiger partial charge is 0.127 e. The summed E-state index contributed by atoms with van der Waals surface area (Å²) >= 11 is 0. The largest absolute Gasteiger partial charge is 0.507 e. The highest BCUT2D eigenvalue weighted by molar-refractivity contribution is 5.61. The van der Waals surface area contributed by atoms with Gasteiger partial charge in [-0.3, -0.25) is 0 Å². The lowest BCUT2D eigenvalue weighted by atomic mass is 9.87. The van der Waals surface area contributed by atoms with Crippen molar-refractivity contribution in [2.45, 2.75) is 71.8 Å². The summed E-state index contributed by atoms with van der Waals surface area (Å²) in [7, 11) is 0. The van der Waals surface area contributed by atoms with Crippen molar-refractivity contribution >= 4 is 0 Å². The molecule has 0 bridgehead atoms. The number of hydrogen-bond donors (Lipinski definition) is 1. The second kappa shape index (κ2) is 6.13. The molecule has 0 atom stereocenters. The molecule has 0 unspecified atom stereocenters. The molecule has 1 heterocycles. The van der Waals surface area contributed by atoms with Gasteiger partial charge < -0.3 is 9.84 Å². The zero-order chi connectivity index (χ0) is 15.6. The minimum atomic E-state index is -0.183. The lowest BCUT2D eigenvalue weighted by molar-refractivity contribution is 0.137. The zero-order valence-electron chi connectivity index (χ0n) is 13.9. The van der Waals surface area contributed by atoms with E-state index in [4.69, 9.17) is 4.74 Å². The van der Waals surface area contributed by atoms with E-state index in [-0.39, 0.29) is 5.60 Å². The Bertz CT molecular complexity index is 541. The molecular formula is C19H28O2. The highest BCUT2D eigenvalue weighted by atomic mass is 16.5. The molecule has 1 aliphatic heterocycles. The van der Waals surface area contributed by atoms with Gasteiger partial charge in [0.25, 0.3) is 0 Å². The van der Waals surface area contributed by atoms with Crippen LogP contribution in [0.25, 0.3) is 0 Å². The number of benzene rings is 1. The first-order valence-electron chi connectivity index (χ1n) is 8.13. The Morgan fingerprint density at radius 3 is 2.33 bits per heavy atom. The molecule has 116 valence electrons.